The van der Waals surface area contributed by atoms with Crippen LogP contribution >= 0.6 is 0 Å². The highest BCUT2D eigenvalue weighted by Gasteiger charge is 2.13. The van der Waals surface area contributed by atoms with E-state index >= 15 is 0 Å². The van der Waals surface area contributed by atoms with Crippen LogP contribution in [0.4, 0.5) is 11.8 Å². The van der Waals surface area contributed by atoms with Crippen molar-refractivity contribution in [2.24, 2.45) is 0 Å². The number of anilines is 2. The Morgan fingerprint density at radius 1 is 1.30 bits per heavy atom. The SMILES string of the molecule is C#CCOc1cccc(-c2nc(N)nc(N)c2C#N)c1. The van der Waals surface area contributed by atoms with Crippen LogP contribution in [0.25, 0.3) is 11.3 Å². The van der Waals surface area contributed by atoms with Crippen LogP contribution in [0.5, 0.6) is 5.75 Å². The van der Waals surface area contributed by atoms with Crippen LogP contribution in [0.3, 0.4) is 0 Å². The minimum atomic E-state index is 0.00597. The summed E-state index contributed by atoms with van der Waals surface area (Å²) in [6, 6.07) is 8.96. The zero-order chi connectivity index (χ0) is 14.5. The molecule has 0 spiro atoms. The molecule has 1 aromatic heterocycles. The molecule has 0 unspecified atom stereocenters. The van der Waals surface area contributed by atoms with Crippen molar-refractivity contribution in [2.45, 2.75) is 0 Å². The molecule has 98 valence electrons. The highest BCUT2D eigenvalue weighted by molar-refractivity contribution is 5.73. The Bertz CT molecular complexity index is 727. The van der Waals surface area contributed by atoms with Crippen LogP contribution in [0.1, 0.15) is 5.56 Å². The number of nitriles is 1. The van der Waals surface area contributed by atoms with Gasteiger partial charge in [-0.1, -0.05) is 18.1 Å². The molecule has 0 atom stereocenters. The first kappa shape index (κ1) is 13.2. The lowest BCUT2D eigenvalue weighted by Gasteiger charge is -2.08. The number of nitrogens with zero attached hydrogens (tertiary/aromatic N) is 3. The van der Waals surface area contributed by atoms with Crippen LogP contribution in [0.15, 0.2) is 24.3 Å². The first-order valence-electron chi connectivity index (χ1n) is 5.65. The summed E-state index contributed by atoms with van der Waals surface area (Å²) in [5.74, 6) is 3.00. The molecule has 0 aliphatic rings. The van der Waals surface area contributed by atoms with E-state index in [2.05, 4.69) is 15.9 Å². The Labute approximate surface area is 116 Å². The molecule has 0 aliphatic heterocycles. The minimum Gasteiger partial charge on any atom is -0.481 e. The fraction of sp³-hybridized carbons (Fsp3) is 0.0714. The number of aromatic nitrogens is 2. The van der Waals surface area contributed by atoms with E-state index in [4.69, 9.17) is 27.9 Å². The molecule has 0 radical (unpaired) electrons. The highest BCUT2D eigenvalue weighted by Crippen LogP contribution is 2.27. The lowest BCUT2D eigenvalue weighted by atomic mass is 10.1. The third-order valence-electron chi connectivity index (χ3n) is 2.50. The highest BCUT2D eigenvalue weighted by atomic mass is 16.5. The Hall–Kier alpha value is -3.25. The van der Waals surface area contributed by atoms with E-state index in [0.717, 1.165) is 0 Å². The van der Waals surface area contributed by atoms with Gasteiger partial charge >= 0.3 is 0 Å². The third-order valence-corrected chi connectivity index (χ3v) is 2.50. The summed E-state index contributed by atoms with van der Waals surface area (Å²) in [6.45, 7) is 0.155. The van der Waals surface area contributed by atoms with Crippen LogP contribution in [-0.2, 0) is 0 Å². The molecule has 2 aromatic rings. The molecule has 0 saturated heterocycles. The molecule has 6 nitrogen and oxygen atoms in total. The molecular weight excluding hydrogens is 254 g/mol. The van der Waals surface area contributed by atoms with E-state index in [0.29, 0.717) is 17.0 Å². The van der Waals surface area contributed by atoms with E-state index in [9.17, 15) is 0 Å². The molecule has 1 aromatic carbocycles. The summed E-state index contributed by atoms with van der Waals surface area (Å²) in [5.41, 5.74) is 12.4. The van der Waals surface area contributed by atoms with E-state index in [1.807, 2.05) is 6.07 Å². The molecule has 0 fully saturated rings. The first-order valence-corrected chi connectivity index (χ1v) is 5.65. The maximum Gasteiger partial charge on any atom is 0.222 e. The number of hydrogen-bond acceptors (Lipinski definition) is 6. The number of rotatable bonds is 3. The van der Waals surface area contributed by atoms with Crippen molar-refractivity contribution < 1.29 is 4.74 Å². The summed E-state index contributed by atoms with van der Waals surface area (Å²) in [4.78, 5) is 7.83. The van der Waals surface area contributed by atoms with E-state index < -0.39 is 0 Å². The van der Waals surface area contributed by atoms with Crippen molar-refractivity contribution in [3.63, 3.8) is 0 Å². The fourth-order valence-electron chi connectivity index (χ4n) is 1.67. The van der Waals surface area contributed by atoms with Crippen LogP contribution in [-0.4, -0.2) is 16.6 Å². The maximum absolute atomic E-state index is 9.15. The second-order valence-electron chi connectivity index (χ2n) is 3.82. The van der Waals surface area contributed by atoms with Gasteiger partial charge in [0.05, 0.1) is 5.69 Å². The summed E-state index contributed by atoms with van der Waals surface area (Å²) >= 11 is 0. The van der Waals surface area contributed by atoms with Crippen LogP contribution in [0.2, 0.25) is 0 Å². The monoisotopic (exact) mass is 265 g/mol. The molecule has 0 saturated carbocycles. The van der Waals surface area contributed by atoms with Gasteiger partial charge in [0.1, 0.15) is 29.8 Å². The summed E-state index contributed by atoms with van der Waals surface area (Å²) in [7, 11) is 0. The topological polar surface area (TPSA) is 111 Å². The van der Waals surface area contributed by atoms with E-state index in [-0.39, 0.29) is 23.9 Å². The molecule has 1 heterocycles. The van der Waals surface area contributed by atoms with Crippen molar-refractivity contribution in [3.8, 4) is 35.4 Å². The van der Waals surface area contributed by atoms with Crippen molar-refractivity contribution >= 4 is 11.8 Å². The van der Waals surface area contributed by atoms with Gasteiger partial charge in [0.15, 0.2) is 0 Å². The number of hydrogen-bond donors (Lipinski definition) is 2. The van der Waals surface area contributed by atoms with Gasteiger partial charge in [0.2, 0.25) is 5.95 Å². The normalized spacial score (nSPS) is 9.50. The standard InChI is InChI=1S/C14H11N5O/c1-2-6-20-10-5-3-4-9(7-10)12-11(8-15)13(16)19-14(17)18-12/h1,3-5,7H,6H2,(H4,16,17,18,19). The zero-order valence-electron chi connectivity index (χ0n) is 10.5. The second kappa shape index (κ2) is 5.59. The number of ether oxygens (including phenoxy) is 1. The van der Waals surface area contributed by atoms with Crippen molar-refractivity contribution in [3.05, 3.63) is 29.8 Å². The maximum atomic E-state index is 9.15. The van der Waals surface area contributed by atoms with E-state index in [1.54, 1.807) is 24.3 Å². The lowest BCUT2D eigenvalue weighted by molar-refractivity contribution is 0.370. The van der Waals surface area contributed by atoms with Gasteiger partial charge in [-0.25, -0.2) is 4.98 Å². The van der Waals surface area contributed by atoms with Crippen molar-refractivity contribution in [1.82, 2.24) is 9.97 Å². The molecule has 20 heavy (non-hydrogen) atoms. The summed E-state index contributed by atoms with van der Waals surface area (Å²) < 4.78 is 5.33. The molecule has 0 bridgehead atoms. The minimum absolute atomic E-state index is 0.00597. The Balaban J connectivity index is 2.52. The molecular formula is C14H11N5O. The van der Waals surface area contributed by atoms with Crippen LogP contribution in [0, 0.1) is 23.7 Å². The first-order chi connectivity index (χ1) is 9.65. The quantitative estimate of drug-likeness (QED) is 0.806. The number of nitrogen functional groups attached to an aromatic ring is 2. The fourth-order valence-corrected chi connectivity index (χ4v) is 1.67. The number of nitrogens with two attached hydrogens (primary N) is 2. The predicted molar refractivity (Wildman–Crippen MR) is 75.3 cm³/mol. The second-order valence-corrected chi connectivity index (χ2v) is 3.82. The smallest absolute Gasteiger partial charge is 0.222 e. The van der Waals surface area contributed by atoms with Gasteiger partial charge in [0, 0.05) is 5.56 Å². The van der Waals surface area contributed by atoms with Gasteiger partial charge in [-0.3, -0.25) is 0 Å². The van der Waals surface area contributed by atoms with E-state index in [1.165, 1.54) is 0 Å². The molecule has 6 heteroatoms. The van der Waals surface area contributed by atoms with Crippen LogP contribution < -0.4 is 16.2 Å². The average Bonchev–Trinajstić information content (AvgIpc) is 2.44. The van der Waals surface area contributed by atoms with Gasteiger partial charge in [0.25, 0.3) is 0 Å². The zero-order valence-corrected chi connectivity index (χ0v) is 10.5. The molecule has 2 rings (SSSR count). The summed E-state index contributed by atoms with van der Waals surface area (Å²) in [6.07, 6.45) is 5.14. The van der Waals surface area contributed by atoms with Gasteiger partial charge in [-0.05, 0) is 12.1 Å². The van der Waals surface area contributed by atoms with Crippen molar-refractivity contribution in [1.29, 1.82) is 5.26 Å². The lowest BCUT2D eigenvalue weighted by Crippen LogP contribution is -2.05. The summed E-state index contributed by atoms with van der Waals surface area (Å²) in [5, 5.41) is 9.15. The predicted octanol–water partition coefficient (Wildman–Crippen LogP) is 1.19. The largest absolute Gasteiger partial charge is 0.481 e. The molecule has 0 aliphatic carbocycles. The van der Waals surface area contributed by atoms with Gasteiger partial charge in [-0.2, -0.15) is 10.2 Å². The third kappa shape index (κ3) is 2.60. The average molecular weight is 265 g/mol. The number of benzene rings is 1. The van der Waals surface area contributed by atoms with Crippen molar-refractivity contribution in [2.75, 3.05) is 18.1 Å². The molecule has 0 amide bonds. The van der Waals surface area contributed by atoms with Gasteiger partial charge in [-0.15, -0.1) is 6.42 Å². The Morgan fingerprint density at radius 3 is 2.80 bits per heavy atom. The Kier molecular flexibility index (Phi) is 3.69. The Morgan fingerprint density at radius 2 is 2.10 bits per heavy atom. The molecule has 4 N–H and O–H groups in total. The number of terminal acetylenes is 1. The van der Waals surface area contributed by atoms with Gasteiger partial charge < -0.3 is 16.2 Å².